The van der Waals surface area contributed by atoms with Crippen LogP contribution in [-0.2, 0) is 6.18 Å². The van der Waals surface area contributed by atoms with E-state index in [0.717, 1.165) is 12.1 Å². The molecule has 0 fully saturated rings. The molecule has 15 heavy (non-hydrogen) atoms. The van der Waals surface area contributed by atoms with Crippen molar-refractivity contribution in [2.24, 2.45) is 0 Å². The molecule has 0 amide bonds. The van der Waals surface area contributed by atoms with Gasteiger partial charge in [0.25, 0.3) is 0 Å². The normalized spacial score (nSPS) is 12.3. The summed E-state index contributed by atoms with van der Waals surface area (Å²) in [5.74, 6) is 0.534. The van der Waals surface area contributed by atoms with Crippen molar-refractivity contribution in [1.29, 1.82) is 0 Å². The van der Waals surface area contributed by atoms with E-state index in [4.69, 9.17) is 11.6 Å². The first-order valence-electron chi connectivity index (χ1n) is 4.11. The number of rotatable bonds is 0. The van der Waals surface area contributed by atoms with Gasteiger partial charge < -0.3 is 4.98 Å². The third-order valence-electron chi connectivity index (χ3n) is 1.99. The Balaban J connectivity index is 2.72. The van der Waals surface area contributed by atoms with Crippen LogP contribution in [0.2, 0.25) is 5.02 Å². The smallest absolute Gasteiger partial charge is 0.341 e. The number of aromatic amines is 1. The van der Waals surface area contributed by atoms with Gasteiger partial charge in [-0.3, -0.25) is 0 Å². The number of fused-ring (bicyclic) bond motifs is 1. The van der Waals surface area contributed by atoms with Crippen LogP contribution in [0, 0.1) is 6.92 Å². The molecule has 6 heteroatoms. The fraction of sp³-hybridized carbons (Fsp3) is 0.222. The molecule has 80 valence electrons. The van der Waals surface area contributed by atoms with Crippen LogP contribution in [0.1, 0.15) is 11.4 Å². The lowest BCUT2D eigenvalue weighted by Gasteiger charge is -2.06. The standard InChI is InChI=1S/C9H6ClF3N2/c1-4-14-7-3-5(9(11,12)13)2-6(10)8(7)15-4/h2-3H,1H3,(H,14,15). The second-order valence-electron chi connectivity index (χ2n) is 3.17. The summed E-state index contributed by atoms with van der Waals surface area (Å²) in [7, 11) is 0. The van der Waals surface area contributed by atoms with Crippen molar-refractivity contribution in [3.8, 4) is 0 Å². The number of halogens is 4. The van der Waals surface area contributed by atoms with E-state index in [2.05, 4.69) is 9.97 Å². The second-order valence-corrected chi connectivity index (χ2v) is 3.58. The molecule has 2 rings (SSSR count). The Morgan fingerprint density at radius 3 is 2.60 bits per heavy atom. The van der Waals surface area contributed by atoms with Gasteiger partial charge in [0.05, 0.1) is 21.6 Å². The van der Waals surface area contributed by atoms with Crippen LogP contribution in [0.4, 0.5) is 13.2 Å². The quantitative estimate of drug-likeness (QED) is 0.742. The van der Waals surface area contributed by atoms with E-state index in [1.807, 2.05) is 0 Å². The summed E-state index contributed by atoms with van der Waals surface area (Å²) < 4.78 is 37.2. The van der Waals surface area contributed by atoms with E-state index in [1.54, 1.807) is 6.92 Å². The minimum Gasteiger partial charge on any atom is -0.341 e. The van der Waals surface area contributed by atoms with E-state index >= 15 is 0 Å². The SMILES string of the molecule is Cc1nc2cc(C(F)(F)F)cc(Cl)c2[nH]1. The van der Waals surface area contributed by atoms with Crippen molar-refractivity contribution in [2.75, 3.05) is 0 Å². The molecule has 0 saturated carbocycles. The highest BCUT2D eigenvalue weighted by atomic mass is 35.5. The number of benzene rings is 1. The molecule has 1 N–H and O–H groups in total. The fourth-order valence-electron chi connectivity index (χ4n) is 1.36. The third-order valence-corrected chi connectivity index (χ3v) is 2.29. The number of alkyl halides is 3. The summed E-state index contributed by atoms with van der Waals surface area (Å²) in [6.45, 7) is 1.66. The number of hydrogen-bond donors (Lipinski definition) is 1. The number of imidazole rings is 1. The topological polar surface area (TPSA) is 28.7 Å². The van der Waals surface area contributed by atoms with Crippen LogP contribution in [-0.4, -0.2) is 9.97 Å². The second kappa shape index (κ2) is 3.13. The maximum Gasteiger partial charge on any atom is 0.416 e. The maximum atomic E-state index is 12.4. The van der Waals surface area contributed by atoms with Gasteiger partial charge >= 0.3 is 6.18 Å². The molecule has 0 atom stereocenters. The summed E-state index contributed by atoms with van der Waals surface area (Å²) in [6, 6.07) is 1.87. The highest BCUT2D eigenvalue weighted by Crippen LogP contribution is 2.34. The Kier molecular flexibility index (Phi) is 2.15. The molecule has 0 saturated heterocycles. The zero-order valence-electron chi connectivity index (χ0n) is 7.61. The van der Waals surface area contributed by atoms with Crippen molar-refractivity contribution in [3.63, 3.8) is 0 Å². The van der Waals surface area contributed by atoms with E-state index in [1.165, 1.54) is 0 Å². The summed E-state index contributed by atoms with van der Waals surface area (Å²) in [5.41, 5.74) is -0.124. The van der Waals surface area contributed by atoms with E-state index < -0.39 is 11.7 Å². The molecule has 0 unspecified atom stereocenters. The Morgan fingerprint density at radius 1 is 1.33 bits per heavy atom. The molecule has 1 aromatic heterocycles. The molecular formula is C9H6ClF3N2. The van der Waals surface area contributed by atoms with Crippen molar-refractivity contribution >= 4 is 22.6 Å². The summed E-state index contributed by atoms with van der Waals surface area (Å²) in [6.07, 6.45) is -4.40. The van der Waals surface area contributed by atoms with Crippen LogP contribution in [0.5, 0.6) is 0 Å². The van der Waals surface area contributed by atoms with Gasteiger partial charge in [-0.15, -0.1) is 0 Å². The number of nitrogens with one attached hydrogen (secondary N) is 1. The molecule has 1 aromatic carbocycles. The third kappa shape index (κ3) is 1.79. The van der Waals surface area contributed by atoms with Gasteiger partial charge in [0, 0.05) is 0 Å². The Morgan fingerprint density at radius 2 is 2.00 bits per heavy atom. The van der Waals surface area contributed by atoms with E-state index in [0.29, 0.717) is 11.3 Å². The molecule has 0 spiro atoms. The lowest BCUT2D eigenvalue weighted by atomic mass is 10.2. The zero-order valence-corrected chi connectivity index (χ0v) is 8.37. The lowest BCUT2D eigenvalue weighted by Crippen LogP contribution is -2.04. The Bertz CT molecular complexity index is 516. The van der Waals surface area contributed by atoms with Gasteiger partial charge in [0.1, 0.15) is 5.82 Å². The first-order chi connectivity index (χ1) is 6.88. The number of aryl methyl sites for hydroxylation is 1. The number of nitrogens with zero attached hydrogens (tertiary/aromatic N) is 1. The van der Waals surface area contributed by atoms with Crippen LogP contribution >= 0.6 is 11.6 Å². The fourth-order valence-corrected chi connectivity index (χ4v) is 1.62. The highest BCUT2D eigenvalue weighted by molar-refractivity contribution is 6.35. The molecular weight excluding hydrogens is 229 g/mol. The molecule has 2 nitrogen and oxygen atoms in total. The van der Waals surface area contributed by atoms with Crippen LogP contribution in [0.3, 0.4) is 0 Å². The maximum absolute atomic E-state index is 12.4. The minimum absolute atomic E-state index is 0.0282. The Hall–Kier alpha value is -1.23. The van der Waals surface area contributed by atoms with Crippen LogP contribution in [0.15, 0.2) is 12.1 Å². The molecule has 0 aliphatic heterocycles. The minimum atomic E-state index is -4.40. The van der Waals surface area contributed by atoms with Crippen molar-refractivity contribution in [1.82, 2.24) is 9.97 Å². The average molecular weight is 235 g/mol. The van der Waals surface area contributed by atoms with Gasteiger partial charge in [-0.2, -0.15) is 13.2 Å². The monoisotopic (exact) mass is 234 g/mol. The average Bonchev–Trinajstić information content (AvgIpc) is 2.44. The van der Waals surface area contributed by atoms with Crippen molar-refractivity contribution in [3.05, 3.63) is 28.5 Å². The molecule has 2 aromatic rings. The molecule has 0 bridgehead atoms. The summed E-state index contributed by atoms with van der Waals surface area (Å²) in [5, 5.41) is 0.0282. The van der Waals surface area contributed by atoms with Gasteiger partial charge in [-0.1, -0.05) is 11.6 Å². The first kappa shape index (κ1) is 10.3. The number of hydrogen-bond acceptors (Lipinski definition) is 1. The predicted octanol–water partition coefficient (Wildman–Crippen LogP) is 3.54. The Labute approximate surface area is 88.1 Å². The summed E-state index contributed by atoms with van der Waals surface area (Å²) >= 11 is 5.71. The zero-order chi connectivity index (χ0) is 11.2. The van der Waals surface area contributed by atoms with E-state index in [9.17, 15) is 13.2 Å². The lowest BCUT2D eigenvalue weighted by molar-refractivity contribution is -0.137. The van der Waals surface area contributed by atoms with Crippen molar-refractivity contribution in [2.45, 2.75) is 13.1 Å². The van der Waals surface area contributed by atoms with Gasteiger partial charge in [-0.05, 0) is 19.1 Å². The molecule has 0 aliphatic carbocycles. The number of H-pyrrole nitrogens is 1. The molecule has 1 heterocycles. The van der Waals surface area contributed by atoms with E-state index in [-0.39, 0.29) is 10.5 Å². The van der Waals surface area contributed by atoms with Crippen molar-refractivity contribution < 1.29 is 13.2 Å². The van der Waals surface area contributed by atoms with Crippen LogP contribution < -0.4 is 0 Å². The first-order valence-corrected chi connectivity index (χ1v) is 4.49. The van der Waals surface area contributed by atoms with Crippen LogP contribution in [0.25, 0.3) is 11.0 Å². The van der Waals surface area contributed by atoms with Gasteiger partial charge in [0.2, 0.25) is 0 Å². The molecule has 0 aliphatic rings. The van der Waals surface area contributed by atoms with Gasteiger partial charge in [-0.25, -0.2) is 4.98 Å². The summed E-state index contributed by atoms with van der Waals surface area (Å²) in [4.78, 5) is 6.70. The highest BCUT2D eigenvalue weighted by Gasteiger charge is 2.31. The van der Waals surface area contributed by atoms with Gasteiger partial charge in [0.15, 0.2) is 0 Å². The molecule has 0 radical (unpaired) electrons. The predicted molar refractivity (Wildman–Crippen MR) is 50.8 cm³/mol. The largest absolute Gasteiger partial charge is 0.416 e. The number of aromatic nitrogens is 2.